The van der Waals surface area contributed by atoms with Crippen molar-refractivity contribution in [1.29, 1.82) is 0 Å². The number of nitrogens with one attached hydrogen (secondary N) is 2. The number of benzene rings is 2. The van der Waals surface area contributed by atoms with Crippen LogP contribution in [0.25, 0.3) is 16.9 Å². The van der Waals surface area contributed by atoms with Crippen LogP contribution >= 0.6 is 0 Å². The third-order valence-corrected chi connectivity index (χ3v) is 6.25. The maximum absolute atomic E-state index is 13.3. The second-order valence-electron chi connectivity index (χ2n) is 8.06. The van der Waals surface area contributed by atoms with Gasteiger partial charge in [0.2, 0.25) is 10.0 Å². The van der Waals surface area contributed by atoms with Crippen molar-refractivity contribution in [2.75, 3.05) is 11.0 Å². The van der Waals surface area contributed by atoms with Crippen LogP contribution in [0.1, 0.15) is 28.9 Å². The summed E-state index contributed by atoms with van der Waals surface area (Å²) in [5.41, 5.74) is 2.66. The van der Waals surface area contributed by atoms with Crippen LogP contribution in [0.5, 0.6) is 0 Å². The Morgan fingerprint density at radius 2 is 1.66 bits per heavy atom. The molecule has 0 aliphatic heterocycles. The Morgan fingerprint density at radius 3 is 2.38 bits per heavy atom. The van der Waals surface area contributed by atoms with Crippen LogP contribution in [-0.4, -0.2) is 30.0 Å². The van der Waals surface area contributed by atoms with Gasteiger partial charge in [-0.1, -0.05) is 48.5 Å². The summed E-state index contributed by atoms with van der Waals surface area (Å²) in [6.45, 7) is 0. The number of hydrogen-bond donors (Lipinski definition) is 2. The minimum Gasteiger partial charge on any atom is -0.341 e. The first kappa shape index (κ1) is 20.3. The van der Waals surface area contributed by atoms with Gasteiger partial charge in [0.05, 0.1) is 23.0 Å². The number of imidazole rings is 1. The first-order valence-corrected chi connectivity index (χ1v) is 12.2. The number of fused-ring (bicyclic) bond motifs is 1. The van der Waals surface area contributed by atoms with Crippen molar-refractivity contribution in [3.63, 3.8) is 0 Å². The normalized spacial score (nSPS) is 14.8. The summed E-state index contributed by atoms with van der Waals surface area (Å²) in [5.74, 6) is 0.233. The lowest BCUT2D eigenvalue weighted by atomic mass is 10.0. The fraction of sp³-hybridized carbons (Fsp3) is 0.167. The number of pyridine rings is 1. The van der Waals surface area contributed by atoms with E-state index in [0.29, 0.717) is 28.3 Å². The third kappa shape index (κ3) is 3.73. The molecule has 2 aromatic carbocycles. The minimum atomic E-state index is -3.48. The van der Waals surface area contributed by atoms with E-state index >= 15 is 0 Å². The maximum Gasteiger partial charge on any atom is 0.272 e. The highest BCUT2D eigenvalue weighted by molar-refractivity contribution is 7.92. The van der Waals surface area contributed by atoms with Crippen LogP contribution in [0.2, 0.25) is 0 Å². The maximum atomic E-state index is 13.3. The Hall–Kier alpha value is -3.65. The summed E-state index contributed by atoms with van der Waals surface area (Å²) < 4.78 is 28.1. The molecule has 8 heteroatoms. The van der Waals surface area contributed by atoms with Crippen LogP contribution < -0.4 is 10.0 Å². The lowest BCUT2D eigenvalue weighted by Gasteiger charge is -2.17. The smallest absolute Gasteiger partial charge is 0.272 e. The second-order valence-corrected chi connectivity index (χ2v) is 9.81. The van der Waals surface area contributed by atoms with Crippen LogP contribution in [0.15, 0.2) is 79.0 Å². The Morgan fingerprint density at radius 1 is 0.969 bits per heavy atom. The predicted molar refractivity (Wildman–Crippen MR) is 124 cm³/mol. The monoisotopic (exact) mass is 446 g/mol. The molecule has 1 fully saturated rings. The summed E-state index contributed by atoms with van der Waals surface area (Å²) in [6, 6.07) is 22.5. The Kier molecular flexibility index (Phi) is 4.74. The van der Waals surface area contributed by atoms with Crippen LogP contribution in [-0.2, 0) is 15.6 Å². The molecule has 0 radical (unpaired) electrons. The topological polar surface area (TPSA) is 92.6 Å². The average molecular weight is 447 g/mol. The second kappa shape index (κ2) is 7.49. The fourth-order valence-corrected chi connectivity index (χ4v) is 4.58. The van der Waals surface area contributed by atoms with Gasteiger partial charge in [-0.3, -0.25) is 13.9 Å². The van der Waals surface area contributed by atoms with Crippen molar-refractivity contribution in [2.24, 2.45) is 0 Å². The molecule has 2 heterocycles. The van der Waals surface area contributed by atoms with Crippen LogP contribution in [0, 0.1) is 0 Å². The molecule has 1 amide bonds. The van der Waals surface area contributed by atoms with Crippen molar-refractivity contribution in [3.8, 4) is 11.4 Å². The van der Waals surface area contributed by atoms with E-state index in [0.717, 1.165) is 24.7 Å². The quantitative estimate of drug-likeness (QED) is 0.471. The number of hydrogen-bond acceptors (Lipinski definition) is 4. The van der Waals surface area contributed by atoms with Crippen molar-refractivity contribution >= 4 is 27.1 Å². The lowest BCUT2D eigenvalue weighted by Crippen LogP contribution is -2.35. The van der Waals surface area contributed by atoms with Crippen LogP contribution in [0.3, 0.4) is 0 Å². The molecule has 0 bridgehead atoms. The zero-order valence-electron chi connectivity index (χ0n) is 17.4. The molecular formula is C24H22N4O3S. The summed E-state index contributed by atoms with van der Waals surface area (Å²) >= 11 is 0. The van der Waals surface area contributed by atoms with Gasteiger partial charge in [0.25, 0.3) is 5.91 Å². The molecule has 0 spiro atoms. The van der Waals surface area contributed by atoms with Crippen LogP contribution in [0.4, 0.5) is 5.69 Å². The van der Waals surface area contributed by atoms with Crippen molar-refractivity contribution in [2.45, 2.75) is 18.4 Å². The van der Waals surface area contributed by atoms with Gasteiger partial charge in [-0.25, -0.2) is 13.4 Å². The van der Waals surface area contributed by atoms with E-state index in [2.05, 4.69) is 15.0 Å². The number of carbonyl (C=O) groups excluding carboxylic acids is 1. The number of sulfonamides is 1. The molecule has 2 aromatic heterocycles. The number of rotatable bonds is 6. The highest BCUT2D eigenvalue weighted by Gasteiger charge is 2.46. The van der Waals surface area contributed by atoms with E-state index < -0.39 is 10.0 Å². The van der Waals surface area contributed by atoms with Gasteiger partial charge in [-0.15, -0.1) is 0 Å². The minimum absolute atomic E-state index is 0.255. The number of anilines is 1. The van der Waals surface area contributed by atoms with Crippen molar-refractivity contribution in [3.05, 3.63) is 90.3 Å². The molecule has 7 nitrogen and oxygen atoms in total. The number of para-hydroxylation sites is 1. The SMILES string of the molecule is CS(=O)(=O)Nc1ccccc1-c1nc(C(=O)NC2(c3ccccc3)CC2)c2ccccn12. The molecule has 1 aliphatic rings. The highest BCUT2D eigenvalue weighted by atomic mass is 32.2. The van der Waals surface area contributed by atoms with E-state index in [1.54, 1.807) is 28.7 Å². The number of nitrogens with zero attached hydrogens (tertiary/aromatic N) is 2. The Balaban J connectivity index is 1.57. The molecule has 4 aromatic rings. The Labute approximate surface area is 186 Å². The van der Waals surface area contributed by atoms with Crippen molar-refractivity contribution < 1.29 is 13.2 Å². The van der Waals surface area contributed by atoms with Gasteiger partial charge >= 0.3 is 0 Å². The molecular weight excluding hydrogens is 424 g/mol. The number of aromatic nitrogens is 2. The molecule has 0 atom stereocenters. The average Bonchev–Trinajstić information content (AvgIpc) is 3.45. The van der Waals surface area contributed by atoms with E-state index in [1.165, 1.54) is 0 Å². The third-order valence-electron chi connectivity index (χ3n) is 5.66. The zero-order chi connectivity index (χ0) is 22.3. The van der Waals surface area contributed by atoms with Gasteiger partial charge in [0, 0.05) is 11.8 Å². The standard InChI is InChI=1S/C24H22N4O3S/c1-32(30,31)27-19-12-6-5-11-18(19)22-25-21(20-13-7-8-16-28(20)22)23(29)26-24(14-15-24)17-9-3-2-4-10-17/h2-13,16,27H,14-15H2,1H3,(H,26,29). The molecule has 5 rings (SSSR count). The van der Waals surface area contributed by atoms with Gasteiger partial charge in [-0.05, 0) is 42.7 Å². The summed E-state index contributed by atoms with van der Waals surface area (Å²) in [5, 5.41) is 3.18. The van der Waals surface area contributed by atoms with E-state index in [-0.39, 0.29) is 11.4 Å². The highest BCUT2D eigenvalue weighted by Crippen LogP contribution is 2.45. The molecule has 162 valence electrons. The largest absolute Gasteiger partial charge is 0.341 e. The molecule has 1 saturated carbocycles. The fourth-order valence-electron chi connectivity index (χ4n) is 4.01. The van der Waals surface area contributed by atoms with Gasteiger partial charge in [0.15, 0.2) is 5.69 Å². The van der Waals surface area contributed by atoms with Gasteiger partial charge in [-0.2, -0.15) is 0 Å². The summed E-state index contributed by atoms with van der Waals surface area (Å²) in [6.07, 6.45) is 4.67. The first-order chi connectivity index (χ1) is 15.4. The van der Waals surface area contributed by atoms with Crippen molar-refractivity contribution in [1.82, 2.24) is 14.7 Å². The van der Waals surface area contributed by atoms with E-state index in [4.69, 9.17) is 0 Å². The summed E-state index contributed by atoms with van der Waals surface area (Å²) in [4.78, 5) is 18.0. The number of amides is 1. The van der Waals surface area contributed by atoms with E-state index in [1.807, 2.05) is 54.7 Å². The molecule has 1 aliphatic carbocycles. The number of carbonyl (C=O) groups is 1. The first-order valence-electron chi connectivity index (χ1n) is 10.3. The van der Waals surface area contributed by atoms with Gasteiger partial charge < -0.3 is 5.32 Å². The molecule has 2 N–H and O–H groups in total. The zero-order valence-corrected chi connectivity index (χ0v) is 18.3. The molecule has 0 unspecified atom stereocenters. The predicted octanol–water partition coefficient (Wildman–Crippen LogP) is 3.79. The van der Waals surface area contributed by atoms with E-state index in [9.17, 15) is 13.2 Å². The Bertz CT molecular complexity index is 1420. The van der Waals surface area contributed by atoms with Gasteiger partial charge in [0.1, 0.15) is 5.82 Å². The molecule has 0 saturated heterocycles. The molecule has 32 heavy (non-hydrogen) atoms. The summed E-state index contributed by atoms with van der Waals surface area (Å²) in [7, 11) is -3.48. The lowest BCUT2D eigenvalue weighted by molar-refractivity contribution is 0.0928.